The van der Waals surface area contributed by atoms with Crippen molar-refractivity contribution in [3.05, 3.63) is 28.2 Å². The Labute approximate surface area is 155 Å². The van der Waals surface area contributed by atoms with Crippen LogP contribution in [0.25, 0.3) is 0 Å². The van der Waals surface area contributed by atoms with E-state index in [2.05, 4.69) is 5.32 Å². The van der Waals surface area contributed by atoms with Crippen molar-refractivity contribution >= 4 is 41.0 Å². The molecule has 138 valence electrons. The summed E-state index contributed by atoms with van der Waals surface area (Å²) in [6.07, 6.45) is -1.04. The molecule has 9 heteroatoms. The van der Waals surface area contributed by atoms with Gasteiger partial charge >= 0.3 is 11.9 Å². The van der Waals surface area contributed by atoms with Crippen molar-refractivity contribution in [2.75, 3.05) is 13.2 Å². The predicted octanol–water partition coefficient (Wildman–Crippen LogP) is 2.37. The number of hydrogen-bond donors (Lipinski definition) is 1. The lowest BCUT2D eigenvalue weighted by Gasteiger charge is -2.19. The third-order valence-electron chi connectivity index (χ3n) is 2.90. The summed E-state index contributed by atoms with van der Waals surface area (Å²) in [5.74, 6) is -2.30. The molecule has 0 saturated heterocycles. The van der Waals surface area contributed by atoms with Crippen LogP contribution in [-0.2, 0) is 23.9 Å². The van der Waals surface area contributed by atoms with Gasteiger partial charge in [0.25, 0.3) is 5.91 Å². The molecule has 0 spiro atoms. The molecule has 1 aromatic rings. The first-order valence-electron chi connectivity index (χ1n) is 7.55. The fourth-order valence-corrected chi connectivity index (χ4v) is 2.19. The van der Waals surface area contributed by atoms with Crippen molar-refractivity contribution in [2.24, 2.45) is 0 Å². The van der Waals surface area contributed by atoms with Crippen molar-refractivity contribution in [1.82, 2.24) is 5.32 Å². The number of rotatable bonds is 8. The van der Waals surface area contributed by atoms with Crippen molar-refractivity contribution in [2.45, 2.75) is 32.9 Å². The predicted molar refractivity (Wildman–Crippen MR) is 91.7 cm³/mol. The van der Waals surface area contributed by atoms with Crippen molar-refractivity contribution in [1.29, 1.82) is 0 Å². The number of carbonyl (C=O) groups is 3. The second-order valence-electron chi connectivity index (χ2n) is 4.78. The maximum absolute atomic E-state index is 12.2. The monoisotopic (exact) mass is 391 g/mol. The minimum atomic E-state index is -1.57. The number of carbonyl (C=O) groups excluding carboxylic acids is 3. The zero-order valence-corrected chi connectivity index (χ0v) is 15.5. The molecule has 0 aliphatic heterocycles. The Kier molecular flexibility index (Phi) is 8.51. The Morgan fingerprint density at radius 3 is 2.12 bits per heavy atom. The van der Waals surface area contributed by atoms with E-state index in [4.69, 9.17) is 37.4 Å². The first-order valence-corrected chi connectivity index (χ1v) is 8.31. The Morgan fingerprint density at radius 1 is 1.08 bits per heavy atom. The normalized spacial score (nSPS) is 11.6. The lowest BCUT2D eigenvalue weighted by atomic mass is 10.2. The van der Waals surface area contributed by atoms with E-state index in [1.165, 1.54) is 19.1 Å². The molecule has 1 rings (SSSR count). The smallest absolute Gasteiger partial charge is 0.340 e. The van der Waals surface area contributed by atoms with E-state index < -0.39 is 30.0 Å². The van der Waals surface area contributed by atoms with Gasteiger partial charge in [-0.2, -0.15) is 0 Å². The largest absolute Gasteiger partial charge is 0.479 e. The summed E-state index contributed by atoms with van der Waals surface area (Å²) in [5, 5.41) is 2.89. The van der Waals surface area contributed by atoms with Crippen LogP contribution in [0, 0.1) is 0 Å². The van der Waals surface area contributed by atoms with Gasteiger partial charge in [-0.3, -0.25) is 4.79 Å². The Hall–Kier alpha value is -1.99. The third kappa shape index (κ3) is 6.43. The second-order valence-corrected chi connectivity index (χ2v) is 5.62. The van der Waals surface area contributed by atoms with Crippen LogP contribution >= 0.6 is 23.2 Å². The van der Waals surface area contributed by atoms with Crippen LogP contribution in [0.3, 0.4) is 0 Å². The molecule has 1 N–H and O–H groups in total. The zero-order chi connectivity index (χ0) is 19.0. The summed E-state index contributed by atoms with van der Waals surface area (Å²) in [6, 6.07) is 2.94. The number of nitrogens with one attached hydrogen (secondary N) is 1. The number of amides is 1. The molecule has 7 nitrogen and oxygen atoms in total. The van der Waals surface area contributed by atoms with Gasteiger partial charge in [0.2, 0.25) is 6.04 Å². The molecule has 0 saturated carbocycles. The van der Waals surface area contributed by atoms with Crippen LogP contribution in [-0.4, -0.2) is 43.2 Å². The molecule has 0 unspecified atom stereocenters. The second kappa shape index (κ2) is 10.1. The highest BCUT2D eigenvalue weighted by atomic mass is 35.5. The van der Waals surface area contributed by atoms with Crippen molar-refractivity contribution < 1.29 is 28.6 Å². The molecule has 1 amide bonds. The lowest BCUT2D eigenvalue weighted by molar-refractivity contribution is -0.160. The summed E-state index contributed by atoms with van der Waals surface area (Å²) in [4.78, 5) is 35.9. The van der Waals surface area contributed by atoms with Gasteiger partial charge in [-0.25, -0.2) is 9.59 Å². The number of esters is 2. The van der Waals surface area contributed by atoms with Gasteiger partial charge in [0, 0.05) is 5.02 Å². The minimum absolute atomic E-state index is 0.0526. The maximum Gasteiger partial charge on any atom is 0.340 e. The van der Waals surface area contributed by atoms with Gasteiger partial charge in [0.05, 0.1) is 18.2 Å². The van der Waals surface area contributed by atoms with E-state index in [9.17, 15) is 14.4 Å². The standard InChI is InChI=1S/C16H19Cl2NO6/c1-4-23-15(21)13(16(22)24-5-2)19-14(20)9(3)25-12-7-6-10(17)8-11(12)18/h6-9,13H,4-5H2,1-3H3,(H,19,20)/t9-/m1/s1. The average Bonchev–Trinajstić information content (AvgIpc) is 2.55. The van der Waals surface area contributed by atoms with E-state index in [1.807, 2.05) is 0 Å². The van der Waals surface area contributed by atoms with Crippen LogP contribution in [0.2, 0.25) is 10.0 Å². The van der Waals surface area contributed by atoms with Gasteiger partial charge < -0.3 is 19.5 Å². The summed E-state index contributed by atoms with van der Waals surface area (Å²) in [5.41, 5.74) is 0. The molecule has 0 aromatic heterocycles. The highest BCUT2D eigenvalue weighted by Crippen LogP contribution is 2.28. The van der Waals surface area contributed by atoms with Gasteiger partial charge in [-0.15, -0.1) is 0 Å². The van der Waals surface area contributed by atoms with Gasteiger partial charge in [0.15, 0.2) is 6.10 Å². The highest BCUT2D eigenvalue weighted by molar-refractivity contribution is 6.35. The van der Waals surface area contributed by atoms with Gasteiger partial charge in [-0.05, 0) is 39.0 Å². The van der Waals surface area contributed by atoms with E-state index >= 15 is 0 Å². The van der Waals surface area contributed by atoms with Gasteiger partial charge in [0.1, 0.15) is 5.75 Å². The Balaban J connectivity index is 2.80. The molecular formula is C16H19Cl2NO6. The van der Waals surface area contributed by atoms with Crippen molar-refractivity contribution in [3.63, 3.8) is 0 Å². The van der Waals surface area contributed by atoms with Crippen molar-refractivity contribution in [3.8, 4) is 5.75 Å². The summed E-state index contributed by atoms with van der Waals surface area (Å²) in [7, 11) is 0. The van der Waals surface area contributed by atoms with E-state index in [-0.39, 0.29) is 24.0 Å². The fourth-order valence-electron chi connectivity index (χ4n) is 1.74. The molecular weight excluding hydrogens is 373 g/mol. The molecule has 1 atom stereocenters. The Morgan fingerprint density at radius 2 is 1.64 bits per heavy atom. The summed E-state index contributed by atoms with van der Waals surface area (Å²) in [6.45, 7) is 4.70. The molecule has 0 fully saturated rings. The molecule has 0 radical (unpaired) electrons. The number of benzene rings is 1. The number of hydrogen-bond acceptors (Lipinski definition) is 6. The van der Waals surface area contributed by atoms with E-state index in [0.29, 0.717) is 5.02 Å². The Bertz CT molecular complexity index is 619. The summed E-state index contributed by atoms with van der Waals surface area (Å²) < 4.78 is 15.0. The van der Waals surface area contributed by atoms with Crippen LogP contribution in [0.5, 0.6) is 5.75 Å². The van der Waals surface area contributed by atoms with Crippen LogP contribution < -0.4 is 10.1 Å². The maximum atomic E-state index is 12.2. The third-order valence-corrected chi connectivity index (χ3v) is 3.43. The first kappa shape index (κ1) is 21.1. The quantitative estimate of drug-likeness (QED) is 0.540. The highest BCUT2D eigenvalue weighted by Gasteiger charge is 2.33. The summed E-state index contributed by atoms with van der Waals surface area (Å²) >= 11 is 11.8. The van der Waals surface area contributed by atoms with Gasteiger partial charge in [-0.1, -0.05) is 23.2 Å². The van der Waals surface area contributed by atoms with E-state index in [0.717, 1.165) is 0 Å². The molecule has 0 bridgehead atoms. The fraction of sp³-hybridized carbons (Fsp3) is 0.438. The molecule has 0 aliphatic carbocycles. The molecule has 0 heterocycles. The number of ether oxygens (including phenoxy) is 3. The first-order chi connectivity index (χ1) is 11.8. The lowest BCUT2D eigenvalue weighted by Crippen LogP contribution is -2.51. The minimum Gasteiger partial charge on any atom is -0.479 e. The number of halogens is 2. The zero-order valence-electron chi connectivity index (χ0n) is 14.0. The molecule has 1 aromatic carbocycles. The SMILES string of the molecule is CCOC(=O)C(NC(=O)[C@@H](C)Oc1ccc(Cl)cc1Cl)C(=O)OCC. The topological polar surface area (TPSA) is 90.9 Å². The average molecular weight is 392 g/mol. The van der Waals surface area contributed by atoms with E-state index in [1.54, 1.807) is 19.9 Å². The van der Waals surface area contributed by atoms with Crippen LogP contribution in [0.4, 0.5) is 0 Å². The molecule has 25 heavy (non-hydrogen) atoms. The van der Waals surface area contributed by atoms with Crippen LogP contribution in [0.15, 0.2) is 18.2 Å². The van der Waals surface area contributed by atoms with Crippen LogP contribution in [0.1, 0.15) is 20.8 Å². The molecule has 0 aliphatic rings.